The average molecular weight is 505 g/mol. The number of likely N-dealkylation sites (tertiary alicyclic amines) is 1. The summed E-state index contributed by atoms with van der Waals surface area (Å²) in [7, 11) is 0. The summed E-state index contributed by atoms with van der Waals surface area (Å²) in [6.07, 6.45) is 9.76. The van der Waals surface area contributed by atoms with Crippen LogP contribution in [0.2, 0.25) is 0 Å². The van der Waals surface area contributed by atoms with Crippen molar-refractivity contribution in [1.82, 2.24) is 20.9 Å². The molecule has 1 aliphatic carbocycles. The molecule has 3 rings (SSSR count). The molecule has 1 saturated heterocycles. The highest BCUT2D eigenvalue weighted by atomic mass is 19.1. The molecular formula is C28H45FN4O3. The minimum Gasteiger partial charge on any atom is -0.444 e. The van der Waals surface area contributed by atoms with E-state index in [1.165, 1.54) is 6.08 Å². The van der Waals surface area contributed by atoms with E-state index in [2.05, 4.69) is 41.6 Å². The molecule has 3 unspecified atom stereocenters. The smallest absolute Gasteiger partial charge is 0.407 e. The van der Waals surface area contributed by atoms with Crippen LogP contribution < -0.4 is 16.0 Å². The summed E-state index contributed by atoms with van der Waals surface area (Å²) in [5.74, 6) is 0.292. The van der Waals surface area contributed by atoms with Gasteiger partial charge in [-0.15, -0.1) is 0 Å². The first-order chi connectivity index (χ1) is 16.8. The fourth-order valence-electron chi connectivity index (χ4n) is 4.98. The van der Waals surface area contributed by atoms with E-state index in [0.29, 0.717) is 18.9 Å². The van der Waals surface area contributed by atoms with E-state index >= 15 is 0 Å². The minimum absolute atomic E-state index is 0.0332. The van der Waals surface area contributed by atoms with E-state index in [1.54, 1.807) is 6.08 Å². The van der Waals surface area contributed by atoms with Crippen LogP contribution in [0.25, 0.3) is 0 Å². The summed E-state index contributed by atoms with van der Waals surface area (Å²) in [6, 6.07) is 0.0896. The first-order valence-corrected chi connectivity index (χ1v) is 13.3. The number of hydrogen-bond donors (Lipinski definition) is 3. The number of allylic oxidation sites excluding steroid dienone is 2. The van der Waals surface area contributed by atoms with Crippen LogP contribution in [0.3, 0.4) is 0 Å². The van der Waals surface area contributed by atoms with Crippen molar-refractivity contribution >= 4 is 12.0 Å². The van der Waals surface area contributed by atoms with Gasteiger partial charge in [0, 0.05) is 31.5 Å². The van der Waals surface area contributed by atoms with Crippen LogP contribution >= 0.6 is 0 Å². The van der Waals surface area contributed by atoms with Gasteiger partial charge < -0.3 is 25.6 Å². The molecular weight excluding hydrogens is 459 g/mol. The van der Waals surface area contributed by atoms with E-state index in [-0.39, 0.29) is 41.2 Å². The Morgan fingerprint density at radius 2 is 1.89 bits per heavy atom. The SMILES string of the molecule is CC(C)(C)OC(=O)NC(CN1CCC(CC(=O)NCCC2=CNC3C=CC(F)=CC23)CC1)C(C)(C)C. The molecule has 3 N–H and O–H groups in total. The number of nitrogens with one attached hydrogen (secondary N) is 3. The lowest BCUT2D eigenvalue weighted by molar-refractivity contribution is -0.122. The quantitative estimate of drug-likeness (QED) is 0.456. The van der Waals surface area contributed by atoms with Gasteiger partial charge in [0.05, 0.1) is 6.04 Å². The maximum absolute atomic E-state index is 13.6. The van der Waals surface area contributed by atoms with Gasteiger partial charge in [-0.05, 0) is 88.4 Å². The molecule has 2 amide bonds. The lowest BCUT2D eigenvalue weighted by Gasteiger charge is -2.39. The number of amides is 2. The Kier molecular flexibility index (Phi) is 9.25. The van der Waals surface area contributed by atoms with Gasteiger partial charge in [0.15, 0.2) is 0 Å². The van der Waals surface area contributed by atoms with Crippen LogP contribution in [0, 0.1) is 17.3 Å². The van der Waals surface area contributed by atoms with Gasteiger partial charge in [0.2, 0.25) is 5.91 Å². The number of fused-ring (bicyclic) bond motifs is 1. The summed E-state index contributed by atoms with van der Waals surface area (Å²) in [4.78, 5) is 27.3. The number of alkyl carbamates (subject to hydrolysis) is 1. The molecule has 202 valence electrons. The standard InChI is InChI=1S/C28H45FN4O3/c1-27(2,3)24(32-26(35)36-28(4,5)6)18-33-13-10-19(11-14-33)15-25(34)30-12-9-20-17-31-23-8-7-21(29)16-22(20)23/h7-8,16-17,19,22-24,31H,9-15,18H2,1-6H3,(H,30,34)(H,32,35). The molecule has 3 aliphatic rings. The van der Waals surface area contributed by atoms with Crippen molar-refractivity contribution in [2.24, 2.45) is 17.3 Å². The van der Waals surface area contributed by atoms with Crippen molar-refractivity contribution in [3.63, 3.8) is 0 Å². The predicted molar refractivity (Wildman–Crippen MR) is 141 cm³/mol. The fourth-order valence-corrected chi connectivity index (χ4v) is 4.98. The molecule has 0 bridgehead atoms. The molecule has 0 aromatic rings. The van der Waals surface area contributed by atoms with E-state index < -0.39 is 5.60 Å². The zero-order valence-corrected chi connectivity index (χ0v) is 22.8. The predicted octanol–water partition coefficient (Wildman–Crippen LogP) is 4.43. The molecule has 2 heterocycles. The second-order valence-electron chi connectivity index (χ2n) is 12.5. The normalized spacial score (nSPS) is 23.8. The second kappa shape index (κ2) is 11.8. The Labute approximate surface area is 216 Å². The lowest BCUT2D eigenvalue weighted by atomic mass is 9.85. The van der Waals surface area contributed by atoms with Crippen molar-refractivity contribution in [3.8, 4) is 0 Å². The first kappa shape index (κ1) is 28.2. The molecule has 0 radical (unpaired) electrons. The van der Waals surface area contributed by atoms with E-state index in [9.17, 15) is 14.0 Å². The Hall–Kier alpha value is -2.35. The highest BCUT2D eigenvalue weighted by Gasteiger charge is 2.32. The van der Waals surface area contributed by atoms with Crippen molar-refractivity contribution in [2.75, 3.05) is 26.2 Å². The fraction of sp³-hybridized carbons (Fsp3) is 0.714. The molecule has 7 nitrogen and oxygen atoms in total. The number of hydrogen-bond acceptors (Lipinski definition) is 5. The van der Waals surface area contributed by atoms with Crippen LogP contribution in [0.4, 0.5) is 9.18 Å². The Bertz CT molecular complexity index is 876. The molecule has 2 aliphatic heterocycles. The number of carbonyl (C=O) groups excluding carboxylic acids is 2. The summed E-state index contributed by atoms with van der Waals surface area (Å²) in [5, 5.41) is 9.39. The maximum Gasteiger partial charge on any atom is 0.407 e. The number of nitrogens with zero attached hydrogens (tertiary/aromatic N) is 1. The molecule has 1 fully saturated rings. The van der Waals surface area contributed by atoms with Gasteiger partial charge in [0.1, 0.15) is 11.4 Å². The molecule has 3 atom stereocenters. The minimum atomic E-state index is -0.527. The highest BCUT2D eigenvalue weighted by Crippen LogP contribution is 2.30. The summed E-state index contributed by atoms with van der Waals surface area (Å²) >= 11 is 0. The third-order valence-corrected chi connectivity index (χ3v) is 7.17. The van der Waals surface area contributed by atoms with Gasteiger partial charge in [-0.25, -0.2) is 9.18 Å². The monoisotopic (exact) mass is 504 g/mol. The Morgan fingerprint density at radius 3 is 2.53 bits per heavy atom. The van der Waals surface area contributed by atoms with Crippen LogP contribution in [-0.2, 0) is 9.53 Å². The largest absolute Gasteiger partial charge is 0.444 e. The second-order valence-corrected chi connectivity index (χ2v) is 12.5. The summed E-state index contributed by atoms with van der Waals surface area (Å²) in [5.41, 5.74) is 0.496. The van der Waals surface area contributed by atoms with Gasteiger partial charge in [-0.2, -0.15) is 0 Å². The lowest BCUT2D eigenvalue weighted by Crippen LogP contribution is -2.53. The maximum atomic E-state index is 13.6. The van der Waals surface area contributed by atoms with Crippen LogP contribution in [0.5, 0.6) is 0 Å². The van der Waals surface area contributed by atoms with Gasteiger partial charge in [-0.1, -0.05) is 26.8 Å². The van der Waals surface area contributed by atoms with Crippen LogP contribution in [0.15, 0.2) is 35.8 Å². The zero-order valence-electron chi connectivity index (χ0n) is 22.8. The summed E-state index contributed by atoms with van der Waals surface area (Å²) in [6.45, 7) is 15.1. The average Bonchev–Trinajstić information content (AvgIpc) is 3.14. The highest BCUT2D eigenvalue weighted by molar-refractivity contribution is 5.76. The molecule has 36 heavy (non-hydrogen) atoms. The number of carbonyl (C=O) groups is 2. The third-order valence-electron chi connectivity index (χ3n) is 7.17. The first-order valence-electron chi connectivity index (χ1n) is 13.3. The molecule has 0 spiro atoms. The number of piperidine rings is 1. The molecule has 8 heteroatoms. The Balaban J connectivity index is 1.37. The van der Waals surface area contributed by atoms with Gasteiger partial charge in [0.25, 0.3) is 0 Å². The van der Waals surface area contributed by atoms with E-state index in [0.717, 1.165) is 44.5 Å². The van der Waals surface area contributed by atoms with Crippen molar-refractivity contribution in [1.29, 1.82) is 0 Å². The number of ether oxygens (including phenoxy) is 1. The molecule has 0 saturated carbocycles. The molecule has 0 aromatic heterocycles. The van der Waals surface area contributed by atoms with Crippen molar-refractivity contribution in [2.45, 2.75) is 84.9 Å². The van der Waals surface area contributed by atoms with E-state index in [4.69, 9.17) is 4.74 Å². The number of halogens is 1. The number of rotatable bonds is 8. The topological polar surface area (TPSA) is 82.7 Å². The van der Waals surface area contributed by atoms with Crippen molar-refractivity contribution in [3.05, 3.63) is 35.8 Å². The van der Waals surface area contributed by atoms with Crippen LogP contribution in [0.1, 0.15) is 67.2 Å². The van der Waals surface area contributed by atoms with Crippen molar-refractivity contribution < 1.29 is 18.7 Å². The zero-order chi connectivity index (χ0) is 26.5. The van der Waals surface area contributed by atoms with Gasteiger partial charge >= 0.3 is 6.09 Å². The van der Waals surface area contributed by atoms with E-state index in [1.807, 2.05) is 33.0 Å². The Morgan fingerprint density at radius 1 is 1.19 bits per heavy atom. The van der Waals surface area contributed by atoms with Gasteiger partial charge in [-0.3, -0.25) is 4.79 Å². The molecule has 0 aromatic carbocycles. The summed E-state index contributed by atoms with van der Waals surface area (Å²) < 4.78 is 19.1. The van der Waals surface area contributed by atoms with Crippen LogP contribution in [-0.4, -0.2) is 60.8 Å². The third kappa shape index (κ3) is 8.64.